The molecule has 0 amide bonds. The lowest BCUT2D eigenvalue weighted by molar-refractivity contribution is -0.293. The lowest BCUT2D eigenvalue weighted by Crippen LogP contribution is -2.72. The second-order valence-corrected chi connectivity index (χ2v) is 20.4. The Kier molecular flexibility index (Phi) is 7.49. The summed E-state index contributed by atoms with van der Waals surface area (Å²) in [6, 6.07) is 0. The van der Waals surface area contributed by atoms with Crippen molar-refractivity contribution in [2.45, 2.75) is 180 Å². The molecule has 48 heavy (non-hydrogen) atoms. The monoisotopic (exact) mass is 672 g/mol. The Bertz CT molecular complexity index is 1270. The third-order valence-electron chi connectivity index (χ3n) is 18.6. The quantitative estimate of drug-likeness (QED) is 0.189. The molecule has 6 N–H and O–H groups in total. The molecule has 10 rings (SSSR count). The van der Waals surface area contributed by atoms with Crippen molar-refractivity contribution in [3.8, 4) is 0 Å². The zero-order chi connectivity index (χ0) is 35.2. The third kappa shape index (κ3) is 4.09. The number of hydrogen-bond donors (Lipinski definition) is 6. The van der Waals surface area contributed by atoms with Gasteiger partial charge in [-0.1, -0.05) is 26.7 Å². The third-order valence-corrected chi connectivity index (χ3v) is 18.6. The van der Waals surface area contributed by atoms with Crippen molar-refractivity contribution in [2.24, 2.45) is 56.2 Å². The van der Waals surface area contributed by atoms with Crippen LogP contribution in [-0.4, -0.2) is 65.0 Å². The Morgan fingerprint density at radius 2 is 0.854 bits per heavy atom. The van der Waals surface area contributed by atoms with Gasteiger partial charge in [-0.05, 0) is 165 Å². The van der Waals surface area contributed by atoms with Crippen LogP contribution in [0.25, 0.3) is 0 Å². The second kappa shape index (κ2) is 10.2. The molecule has 8 heteroatoms. The molecule has 0 aliphatic heterocycles. The van der Waals surface area contributed by atoms with E-state index in [1.54, 1.807) is 13.8 Å². The highest BCUT2D eigenvalue weighted by atomic mass is 16.4. The Labute approximate surface area is 287 Å². The molecule has 14 atom stereocenters. The van der Waals surface area contributed by atoms with Gasteiger partial charge in [-0.15, -0.1) is 0 Å². The maximum Gasteiger partial charge on any atom is 0.312 e. The molecular formula is C40H64O8. The standard InChI is InChI=1S/2C20H32O4/c2*1-16-6-4-7-17(2,15(21)22)20(16,24)10-9-19-8-5-13(11-14(16)19)18(3,23)12-19/h2*13-14,23-24H,4-12H2,1-3H3,(H,21,22)/t2*13-,14+,16+,17+,18-,19+,20-/m00/s1. The number of aliphatic carboxylic acids is 2. The minimum absolute atomic E-state index is 0.0932. The first-order valence-corrected chi connectivity index (χ1v) is 19.4. The number of aliphatic hydroxyl groups is 4. The maximum atomic E-state index is 12.1. The summed E-state index contributed by atoms with van der Waals surface area (Å²) < 4.78 is 0. The SMILES string of the molecule is C[C@]1(O)C[C@]23CC[C@H]1C[C@@H]2[C@@]1(C)CCC[C@](C)(C(=O)O)[C@]1(O)CC3.C[C@]1(O)C[C@]23CC[C@H]1C[C@@H]2[C@@]1(C)CCC[C@](C)(C(=O)O)[C@]1(O)CC3. The normalized spacial score (nSPS) is 59.5. The molecule has 10 saturated carbocycles. The molecule has 0 aromatic carbocycles. The highest BCUT2D eigenvalue weighted by Crippen LogP contribution is 2.75. The molecular weight excluding hydrogens is 608 g/mol. The van der Waals surface area contributed by atoms with Crippen molar-refractivity contribution >= 4 is 11.9 Å². The van der Waals surface area contributed by atoms with Crippen LogP contribution in [0.2, 0.25) is 0 Å². The average Bonchev–Trinajstić information content (AvgIpc) is 2.99. The number of rotatable bonds is 2. The van der Waals surface area contributed by atoms with Crippen LogP contribution in [0.4, 0.5) is 0 Å². The Morgan fingerprint density at radius 3 is 1.17 bits per heavy atom. The number of carbonyl (C=O) groups is 2. The summed E-state index contributed by atoms with van der Waals surface area (Å²) in [6.45, 7) is 11.8. The van der Waals surface area contributed by atoms with E-state index in [-0.39, 0.29) is 21.7 Å². The average molecular weight is 673 g/mol. The highest BCUT2D eigenvalue weighted by Gasteiger charge is 2.75. The van der Waals surface area contributed by atoms with Crippen molar-refractivity contribution in [3.05, 3.63) is 0 Å². The fourth-order valence-corrected chi connectivity index (χ4v) is 15.7. The molecule has 8 nitrogen and oxygen atoms in total. The van der Waals surface area contributed by atoms with Crippen molar-refractivity contribution in [2.75, 3.05) is 0 Å². The number of fused-ring (bicyclic) bond motifs is 6. The van der Waals surface area contributed by atoms with E-state index >= 15 is 0 Å². The van der Waals surface area contributed by atoms with E-state index in [1.807, 2.05) is 13.8 Å². The molecule has 2 spiro atoms. The molecule has 10 aliphatic carbocycles. The zero-order valence-corrected chi connectivity index (χ0v) is 30.5. The first kappa shape index (κ1) is 35.2. The highest BCUT2D eigenvalue weighted by molar-refractivity contribution is 5.77. The van der Waals surface area contributed by atoms with Crippen LogP contribution >= 0.6 is 0 Å². The summed E-state index contributed by atoms with van der Waals surface area (Å²) in [6.07, 6.45) is 15.5. The van der Waals surface area contributed by atoms with Crippen LogP contribution in [0, 0.1) is 56.2 Å². The van der Waals surface area contributed by atoms with Gasteiger partial charge >= 0.3 is 11.9 Å². The van der Waals surface area contributed by atoms with E-state index in [0.29, 0.717) is 49.4 Å². The molecule has 0 aromatic rings. The summed E-state index contributed by atoms with van der Waals surface area (Å²) in [4.78, 5) is 24.2. The van der Waals surface area contributed by atoms with E-state index in [0.717, 1.165) is 89.9 Å². The fourth-order valence-electron chi connectivity index (χ4n) is 15.7. The number of carboxylic acids is 2. The van der Waals surface area contributed by atoms with Crippen molar-refractivity contribution in [3.63, 3.8) is 0 Å². The van der Waals surface area contributed by atoms with E-state index in [9.17, 15) is 40.2 Å². The zero-order valence-electron chi connectivity index (χ0n) is 30.5. The first-order valence-electron chi connectivity index (χ1n) is 19.4. The fraction of sp³-hybridized carbons (Fsp3) is 0.950. The Balaban J connectivity index is 0.000000152. The van der Waals surface area contributed by atoms with Gasteiger partial charge in [0.25, 0.3) is 0 Å². The molecule has 0 unspecified atom stereocenters. The van der Waals surface area contributed by atoms with Gasteiger partial charge in [0, 0.05) is 10.8 Å². The van der Waals surface area contributed by atoms with Crippen LogP contribution in [-0.2, 0) is 9.59 Å². The van der Waals surface area contributed by atoms with Crippen molar-refractivity contribution < 1.29 is 40.2 Å². The predicted octanol–water partition coefficient (Wildman–Crippen LogP) is 6.70. The van der Waals surface area contributed by atoms with Crippen molar-refractivity contribution in [1.82, 2.24) is 0 Å². The van der Waals surface area contributed by atoms with Gasteiger partial charge in [0.05, 0.1) is 33.2 Å². The van der Waals surface area contributed by atoms with E-state index in [2.05, 4.69) is 13.8 Å². The summed E-state index contributed by atoms with van der Waals surface area (Å²) >= 11 is 0. The van der Waals surface area contributed by atoms with Crippen molar-refractivity contribution in [1.29, 1.82) is 0 Å². The van der Waals surface area contributed by atoms with E-state index in [4.69, 9.17) is 0 Å². The van der Waals surface area contributed by atoms with Gasteiger partial charge in [0.1, 0.15) is 0 Å². The minimum Gasteiger partial charge on any atom is -0.481 e. The molecule has 0 radical (unpaired) electrons. The van der Waals surface area contributed by atoms with Gasteiger partial charge in [0.15, 0.2) is 0 Å². The summed E-state index contributed by atoms with van der Waals surface area (Å²) in [5, 5.41) is 65.2. The largest absolute Gasteiger partial charge is 0.481 e. The van der Waals surface area contributed by atoms with E-state index < -0.39 is 45.2 Å². The number of hydrogen-bond acceptors (Lipinski definition) is 6. The molecule has 10 aliphatic rings. The first-order chi connectivity index (χ1) is 22.0. The lowest BCUT2D eigenvalue weighted by Gasteiger charge is -2.72. The molecule has 4 bridgehead atoms. The molecule has 0 aromatic heterocycles. The second-order valence-electron chi connectivity index (χ2n) is 20.4. The molecule has 272 valence electrons. The van der Waals surface area contributed by atoms with Gasteiger partial charge in [-0.25, -0.2) is 0 Å². The molecule has 0 saturated heterocycles. The number of carboxylic acid groups (broad SMARTS) is 2. The van der Waals surface area contributed by atoms with Crippen LogP contribution in [0.1, 0.15) is 157 Å². The van der Waals surface area contributed by atoms with Crippen LogP contribution < -0.4 is 0 Å². The predicted molar refractivity (Wildman–Crippen MR) is 181 cm³/mol. The van der Waals surface area contributed by atoms with Gasteiger partial charge in [-0.2, -0.15) is 0 Å². The summed E-state index contributed by atoms with van der Waals surface area (Å²) in [5.41, 5.74) is -6.09. The van der Waals surface area contributed by atoms with Crippen LogP contribution in [0.5, 0.6) is 0 Å². The van der Waals surface area contributed by atoms with Crippen LogP contribution in [0.3, 0.4) is 0 Å². The van der Waals surface area contributed by atoms with Gasteiger partial charge in [0.2, 0.25) is 0 Å². The Morgan fingerprint density at radius 1 is 0.500 bits per heavy atom. The maximum absolute atomic E-state index is 12.1. The molecule has 0 heterocycles. The van der Waals surface area contributed by atoms with Gasteiger partial charge in [-0.3, -0.25) is 9.59 Å². The summed E-state index contributed by atoms with van der Waals surface area (Å²) in [7, 11) is 0. The topological polar surface area (TPSA) is 156 Å². The minimum atomic E-state index is -1.14. The smallest absolute Gasteiger partial charge is 0.312 e. The van der Waals surface area contributed by atoms with Gasteiger partial charge < -0.3 is 30.6 Å². The van der Waals surface area contributed by atoms with E-state index in [1.165, 1.54) is 0 Å². The lowest BCUT2D eigenvalue weighted by atomic mass is 9.34. The van der Waals surface area contributed by atoms with Crippen LogP contribution in [0.15, 0.2) is 0 Å². The Hall–Kier alpha value is -1.22. The summed E-state index contributed by atoms with van der Waals surface area (Å²) in [5.74, 6) is -0.439. The molecule has 10 fully saturated rings.